The van der Waals surface area contributed by atoms with Gasteiger partial charge in [-0.25, -0.2) is 4.39 Å². The van der Waals surface area contributed by atoms with E-state index >= 15 is 0 Å². The van der Waals surface area contributed by atoms with Gasteiger partial charge in [0, 0.05) is 6.04 Å². The molecule has 1 aromatic heterocycles. The van der Waals surface area contributed by atoms with Crippen LogP contribution in [-0.2, 0) is 6.61 Å². The Morgan fingerprint density at radius 1 is 1.19 bits per heavy atom. The summed E-state index contributed by atoms with van der Waals surface area (Å²) in [6.45, 7) is 0.758. The maximum atomic E-state index is 12.9. The van der Waals surface area contributed by atoms with E-state index < -0.39 is 0 Å². The third kappa shape index (κ3) is 5.22. The van der Waals surface area contributed by atoms with Gasteiger partial charge in [0.25, 0.3) is 5.91 Å². The zero-order valence-electron chi connectivity index (χ0n) is 14.4. The highest BCUT2D eigenvalue weighted by atomic mass is 35.5. The van der Waals surface area contributed by atoms with Gasteiger partial charge in [-0.2, -0.15) is 0 Å². The molecule has 26 heavy (non-hydrogen) atoms. The van der Waals surface area contributed by atoms with Crippen LogP contribution in [-0.4, -0.2) is 18.5 Å². The molecule has 0 aliphatic heterocycles. The van der Waals surface area contributed by atoms with Crippen molar-refractivity contribution in [2.45, 2.75) is 38.3 Å². The highest BCUT2D eigenvalue weighted by molar-refractivity contribution is 5.91. The van der Waals surface area contributed by atoms with Crippen LogP contribution >= 0.6 is 12.4 Å². The van der Waals surface area contributed by atoms with E-state index in [0.717, 1.165) is 19.3 Å². The fraction of sp³-hybridized carbons (Fsp3) is 0.421. The van der Waals surface area contributed by atoms with Gasteiger partial charge in [-0.3, -0.25) is 4.79 Å². The minimum Gasteiger partial charge on any atom is -0.486 e. The molecule has 1 aliphatic carbocycles. The van der Waals surface area contributed by atoms with E-state index in [4.69, 9.17) is 14.9 Å². The Morgan fingerprint density at radius 2 is 1.92 bits per heavy atom. The predicted octanol–water partition coefficient (Wildman–Crippen LogP) is 3.67. The van der Waals surface area contributed by atoms with E-state index in [-0.39, 0.29) is 42.5 Å². The van der Waals surface area contributed by atoms with Crippen LogP contribution in [0, 0.1) is 11.7 Å². The third-order valence-corrected chi connectivity index (χ3v) is 4.61. The summed E-state index contributed by atoms with van der Waals surface area (Å²) in [6.07, 6.45) is 4.28. The first-order chi connectivity index (χ1) is 12.2. The number of nitrogens with two attached hydrogens (primary N) is 1. The molecule has 7 heteroatoms. The fourth-order valence-corrected chi connectivity index (χ4v) is 3.18. The molecule has 3 rings (SSSR count). The van der Waals surface area contributed by atoms with Gasteiger partial charge in [0.15, 0.2) is 5.76 Å². The minimum absolute atomic E-state index is 0. The maximum absolute atomic E-state index is 12.9. The number of hydrogen-bond acceptors (Lipinski definition) is 4. The predicted molar refractivity (Wildman–Crippen MR) is 99.0 cm³/mol. The number of nitrogens with one attached hydrogen (secondary N) is 1. The molecule has 0 spiro atoms. The molecule has 1 aromatic carbocycles. The Hall–Kier alpha value is -2.05. The number of halogens is 2. The molecule has 1 aliphatic rings. The average molecular weight is 383 g/mol. The van der Waals surface area contributed by atoms with Gasteiger partial charge in [-0.15, -0.1) is 12.4 Å². The van der Waals surface area contributed by atoms with Crippen LogP contribution in [0.1, 0.15) is 42.0 Å². The molecule has 5 nitrogen and oxygen atoms in total. The normalized spacial score (nSPS) is 19.5. The van der Waals surface area contributed by atoms with E-state index in [2.05, 4.69) is 5.32 Å². The van der Waals surface area contributed by atoms with E-state index in [0.29, 0.717) is 24.0 Å². The number of ether oxygens (including phenoxy) is 1. The van der Waals surface area contributed by atoms with E-state index in [1.165, 1.54) is 18.6 Å². The topological polar surface area (TPSA) is 77.5 Å². The molecule has 0 saturated heterocycles. The number of benzene rings is 1. The Morgan fingerprint density at radius 3 is 2.65 bits per heavy atom. The molecule has 1 heterocycles. The molecule has 1 amide bonds. The summed E-state index contributed by atoms with van der Waals surface area (Å²) < 4.78 is 23.9. The molecule has 2 aromatic rings. The summed E-state index contributed by atoms with van der Waals surface area (Å²) in [4.78, 5) is 12.4. The SMILES string of the molecule is Cl.NCC1CCCCC1NC(=O)c1ccc(COc2ccc(F)cc2)o1. The summed E-state index contributed by atoms with van der Waals surface area (Å²) in [5.74, 6) is 1.12. The van der Waals surface area contributed by atoms with Gasteiger partial charge >= 0.3 is 0 Å². The lowest BCUT2D eigenvalue weighted by Crippen LogP contribution is -2.44. The number of furan rings is 1. The Bertz CT molecular complexity index is 705. The molecule has 1 fully saturated rings. The first kappa shape index (κ1) is 20.3. The molecule has 0 bridgehead atoms. The Balaban J connectivity index is 0.00000243. The van der Waals surface area contributed by atoms with E-state index in [1.54, 1.807) is 24.3 Å². The minimum atomic E-state index is -0.317. The van der Waals surface area contributed by atoms with Gasteiger partial charge < -0.3 is 20.2 Å². The molecule has 142 valence electrons. The van der Waals surface area contributed by atoms with Crippen LogP contribution in [0.2, 0.25) is 0 Å². The van der Waals surface area contributed by atoms with Gasteiger partial charge in [0.1, 0.15) is 23.9 Å². The van der Waals surface area contributed by atoms with Gasteiger partial charge in [-0.1, -0.05) is 12.8 Å². The second-order valence-electron chi connectivity index (χ2n) is 6.37. The highest BCUT2D eigenvalue weighted by Gasteiger charge is 2.26. The lowest BCUT2D eigenvalue weighted by molar-refractivity contribution is 0.0875. The van der Waals surface area contributed by atoms with Gasteiger partial charge in [0.2, 0.25) is 0 Å². The zero-order chi connectivity index (χ0) is 17.6. The lowest BCUT2D eigenvalue weighted by atomic mass is 9.84. The van der Waals surface area contributed by atoms with Crippen LogP contribution in [0.5, 0.6) is 5.75 Å². The number of amides is 1. The van der Waals surface area contributed by atoms with Crippen molar-refractivity contribution in [3.63, 3.8) is 0 Å². The largest absolute Gasteiger partial charge is 0.486 e. The van der Waals surface area contributed by atoms with Crippen molar-refractivity contribution in [1.29, 1.82) is 0 Å². The number of carbonyl (C=O) groups excluding carboxylic acids is 1. The average Bonchev–Trinajstić information content (AvgIpc) is 3.11. The standard InChI is InChI=1S/C19H23FN2O3.ClH/c20-14-5-7-15(8-6-14)24-12-16-9-10-18(25-16)19(23)22-17-4-2-1-3-13(17)11-21;/h5-10,13,17H,1-4,11-12,21H2,(H,22,23);1H. The summed E-state index contributed by atoms with van der Waals surface area (Å²) in [7, 11) is 0. The van der Waals surface area contributed by atoms with Crippen LogP contribution in [0.4, 0.5) is 4.39 Å². The second-order valence-corrected chi connectivity index (χ2v) is 6.37. The van der Waals surface area contributed by atoms with Crippen molar-refractivity contribution >= 4 is 18.3 Å². The molecule has 2 atom stereocenters. The van der Waals surface area contributed by atoms with Crippen molar-refractivity contribution in [2.75, 3.05) is 6.54 Å². The van der Waals surface area contributed by atoms with Crippen molar-refractivity contribution in [1.82, 2.24) is 5.32 Å². The highest BCUT2D eigenvalue weighted by Crippen LogP contribution is 2.24. The third-order valence-electron chi connectivity index (χ3n) is 4.61. The first-order valence-corrected chi connectivity index (χ1v) is 8.63. The van der Waals surface area contributed by atoms with Crippen molar-refractivity contribution in [3.05, 3.63) is 53.7 Å². The summed E-state index contributed by atoms with van der Waals surface area (Å²) >= 11 is 0. The molecule has 2 unspecified atom stereocenters. The maximum Gasteiger partial charge on any atom is 0.287 e. The Kier molecular flexibility index (Phi) is 7.48. The number of hydrogen-bond donors (Lipinski definition) is 2. The lowest BCUT2D eigenvalue weighted by Gasteiger charge is -2.30. The second kappa shape index (κ2) is 9.59. The van der Waals surface area contributed by atoms with Crippen molar-refractivity contribution < 1.29 is 18.3 Å². The monoisotopic (exact) mass is 382 g/mol. The van der Waals surface area contributed by atoms with Crippen LogP contribution in [0.25, 0.3) is 0 Å². The quantitative estimate of drug-likeness (QED) is 0.799. The van der Waals surface area contributed by atoms with Gasteiger partial charge in [-0.05, 0) is 61.7 Å². The summed E-state index contributed by atoms with van der Waals surface area (Å²) in [6, 6.07) is 9.20. The van der Waals surface area contributed by atoms with Gasteiger partial charge in [0.05, 0.1) is 0 Å². The zero-order valence-corrected chi connectivity index (χ0v) is 15.3. The smallest absolute Gasteiger partial charge is 0.287 e. The molecular weight excluding hydrogens is 359 g/mol. The fourth-order valence-electron chi connectivity index (χ4n) is 3.18. The number of carbonyl (C=O) groups is 1. The molecule has 3 N–H and O–H groups in total. The Labute approximate surface area is 158 Å². The molecular formula is C19H24ClFN2O3. The number of rotatable bonds is 6. The van der Waals surface area contributed by atoms with Crippen LogP contribution in [0.3, 0.4) is 0 Å². The first-order valence-electron chi connectivity index (χ1n) is 8.63. The van der Waals surface area contributed by atoms with E-state index in [9.17, 15) is 9.18 Å². The van der Waals surface area contributed by atoms with E-state index in [1.807, 2.05) is 0 Å². The van der Waals surface area contributed by atoms with Crippen LogP contribution in [0.15, 0.2) is 40.8 Å². The van der Waals surface area contributed by atoms with Crippen molar-refractivity contribution in [3.8, 4) is 5.75 Å². The molecule has 1 saturated carbocycles. The van der Waals surface area contributed by atoms with Crippen molar-refractivity contribution in [2.24, 2.45) is 11.7 Å². The summed E-state index contributed by atoms with van der Waals surface area (Å²) in [5, 5.41) is 3.03. The summed E-state index contributed by atoms with van der Waals surface area (Å²) in [5.41, 5.74) is 5.80. The van der Waals surface area contributed by atoms with Crippen LogP contribution < -0.4 is 15.8 Å². The molecule has 0 radical (unpaired) electrons.